The van der Waals surface area contributed by atoms with Gasteiger partial charge < -0.3 is 9.84 Å². The summed E-state index contributed by atoms with van der Waals surface area (Å²) in [6, 6.07) is 0. The fraction of sp³-hybridized carbons (Fsp3) is 0.731. The summed E-state index contributed by atoms with van der Waals surface area (Å²) in [4.78, 5) is 36.9. The normalized spacial score (nSPS) is 46.2. The highest BCUT2D eigenvalue weighted by Crippen LogP contribution is 2.70. The first-order chi connectivity index (χ1) is 15.4. The van der Waals surface area contributed by atoms with E-state index in [0.717, 1.165) is 0 Å². The van der Waals surface area contributed by atoms with Crippen molar-refractivity contribution in [1.29, 1.82) is 0 Å². The van der Waals surface area contributed by atoms with Gasteiger partial charge in [0.15, 0.2) is 17.2 Å². The van der Waals surface area contributed by atoms with Crippen LogP contribution in [0, 0.1) is 34.5 Å². The fourth-order valence-electron chi connectivity index (χ4n) is 7.77. The summed E-state index contributed by atoms with van der Waals surface area (Å²) in [5.74, 6) is -2.77. The monoisotopic (exact) mass is 464 g/mol. The Morgan fingerprint density at radius 2 is 1.94 bits per heavy atom. The molecule has 5 nitrogen and oxygen atoms in total. The van der Waals surface area contributed by atoms with E-state index in [1.807, 2.05) is 20.8 Å². The number of hydrogen-bond acceptors (Lipinski definition) is 5. The maximum atomic E-state index is 17.1. The first-order valence-electron chi connectivity index (χ1n) is 12.0. The third kappa shape index (κ3) is 3.36. The SMILES string of the molecule is CCCC(=O)OCC(=O)[C@H]1[C@H](C)C[C@H]2[C@@H]3C[C@H](F)C4=CC(=O)C=C[C@]4(C)[C@@]3(F)[C@@H](O)C[C@@]21C. The Kier molecular flexibility index (Phi) is 5.95. The molecule has 7 heteroatoms. The van der Waals surface area contributed by atoms with Crippen LogP contribution in [0.3, 0.4) is 0 Å². The van der Waals surface area contributed by atoms with Gasteiger partial charge in [0, 0.05) is 23.7 Å². The molecule has 4 aliphatic carbocycles. The number of carbonyl (C=O) groups is 3. The van der Waals surface area contributed by atoms with Crippen LogP contribution in [0.25, 0.3) is 0 Å². The van der Waals surface area contributed by atoms with Crippen molar-refractivity contribution >= 4 is 17.5 Å². The van der Waals surface area contributed by atoms with Gasteiger partial charge in [0.05, 0.1) is 6.10 Å². The van der Waals surface area contributed by atoms with Gasteiger partial charge in [-0.15, -0.1) is 0 Å². The number of esters is 1. The molecule has 33 heavy (non-hydrogen) atoms. The largest absolute Gasteiger partial charge is 0.458 e. The molecule has 0 spiro atoms. The topological polar surface area (TPSA) is 80.7 Å². The van der Waals surface area contributed by atoms with E-state index in [-0.39, 0.29) is 54.8 Å². The van der Waals surface area contributed by atoms with Crippen molar-refractivity contribution in [2.45, 2.75) is 77.7 Å². The molecule has 0 heterocycles. The van der Waals surface area contributed by atoms with Crippen LogP contribution >= 0.6 is 0 Å². The maximum Gasteiger partial charge on any atom is 0.306 e. The lowest BCUT2D eigenvalue weighted by Crippen LogP contribution is -2.68. The Balaban J connectivity index is 1.67. The Hall–Kier alpha value is -1.89. The molecule has 9 atom stereocenters. The third-order valence-electron chi connectivity index (χ3n) is 9.14. The van der Waals surface area contributed by atoms with Crippen molar-refractivity contribution in [3.05, 3.63) is 23.8 Å². The Morgan fingerprint density at radius 1 is 1.24 bits per heavy atom. The summed E-state index contributed by atoms with van der Waals surface area (Å²) >= 11 is 0. The predicted octanol–water partition coefficient (Wildman–Crippen LogP) is 4.08. The highest BCUT2D eigenvalue weighted by Gasteiger charge is 2.73. The zero-order chi connectivity index (χ0) is 24.3. The number of aliphatic hydroxyl groups excluding tert-OH is 1. The number of halogens is 2. The van der Waals surface area contributed by atoms with E-state index < -0.39 is 46.6 Å². The van der Waals surface area contributed by atoms with E-state index in [9.17, 15) is 19.5 Å². The van der Waals surface area contributed by atoms with Crippen molar-refractivity contribution in [3.63, 3.8) is 0 Å². The average Bonchev–Trinajstić information content (AvgIpc) is 3.00. The number of ketones is 2. The van der Waals surface area contributed by atoms with Crippen LogP contribution in [-0.2, 0) is 19.1 Å². The van der Waals surface area contributed by atoms with Crippen LogP contribution in [-0.4, -0.2) is 47.2 Å². The van der Waals surface area contributed by atoms with Crippen molar-refractivity contribution < 1.29 is 33.0 Å². The number of carbonyl (C=O) groups excluding carboxylic acids is 3. The second-order valence-electron chi connectivity index (χ2n) is 11.0. The minimum atomic E-state index is -2.14. The van der Waals surface area contributed by atoms with Crippen LogP contribution < -0.4 is 0 Å². The van der Waals surface area contributed by atoms with Gasteiger partial charge in [-0.2, -0.15) is 0 Å². The Labute approximate surface area is 193 Å². The van der Waals surface area contributed by atoms with Crippen molar-refractivity contribution in [3.8, 4) is 0 Å². The highest BCUT2D eigenvalue weighted by molar-refractivity contribution is 6.01. The van der Waals surface area contributed by atoms with Gasteiger partial charge in [-0.25, -0.2) is 8.78 Å². The van der Waals surface area contributed by atoms with E-state index in [4.69, 9.17) is 4.74 Å². The number of alkyl halides is 2. The number of Topliss-reactive ketones (excluding diaryl/α,β-unsaturated/α-hetero) is 1. The van der Waals surface area contributed by atoms with E-state index >= 15 is 8.78 Å². The van der Waals surface area contributed by atoms with Gasteiger partial charge in [0.2, 0.25) is 0 Å². The van der Waals surface area contributed by atoms with Crippen LogP contribution in [0.15, 0.2) is 23.8 Å². The molecule has 4 rings (SSSR count). The molecular weight excluding hydrogens is 430 g/mol. The second kappa shape index (κ2) is 8.10. The zero-order valence-corrected chi connectivity index (χ0v) is 19.8. The van der Waals surface area contributed by atoms with E-state index in [1.165, 1.54) is 18.2 Å². The van der Waals surface area contributed by atoms with Gasteiger partial charge in [0.25, 0.3) is 0 Å². The summed E-state index contributed by atoms with van der Waals surface area (Å²) in [6.45, 7) is 6.90. The van der Waals surface area contributed by atoms with E-state index in [1.54, 1.807) is 6.92 Å². The summed E-state index contributed by atoms with van der Waals surface area (Å²) < 4.78 is 37.6. The Bertz CT molecular complexity index is 928. The van der Waals surface area contributed by atoms with Crippen LogP contribution in [0.1, 0.15) is 59.8 Å². The summed E-state index contributed by atoms with van der Waals surface area (Å²) in [6.07, 6.45) is 2.25. The first kappa shape index (κ1) is 24.2. The lowest BCUT2D eigenvalue weighted by molar-refractivity contribution is -0.202. The van der Waals surface area contributed by atoms with Crippen molar-refractivity contribution in [1.82, 2.24) is 0 Å². The molecule has 0 aliphatic heterocycles. The quantitative estimate of drug-likeness (QED) is 0.620. The number of ether oxygens (including phenoxy) is 1. The van der Waals surface area contributed by atoms with Gasteiger partial charge in [0.1, 0.15) is 12.8 Å². The highest BCUT2D eigenvalue weighted by atomic mass is 19.1. The number of hydrogen-bond donors (Lipinski definition) is 1. The Morgan fingerprint density at radius 3 is 2.61 bits per heavy atom. The maximum absolute atomic E-state index is 17.1. The second-order valence-corrected chi connectivity index (χ2v) is 11.0. The predicted molar refractivity (Wildman–Crippen MR) is 118 cm³/mol. The van der Waals surface area contributed by atoms with Crippen molar-refractivity contribution in [2.24, 2.45) is 34.5 Å². The van der Waals surface area contributed by atoms with Crippen LogP contribution in [0.2, 0.25) is 0 Å². The number of allylic oxidation sites excluding steroid dienone is 4. The smallest absolute Gasteiger partial charge is 0.306 e. The summed E-state index contributed by atoms with van der Waals surface area (Å²) in [5.41, 5.74) is -4.21. The molecule has 1 N–H and O–H groups in total. The molecular formula is C26H34F2O5. The molecule has 0 bridgehead atoms. The van der Waals surface area contributed by atoms with Crippen LogP contribution in [0.4, 0.5) is 8.78 Å². The van der Waals surface area contributed by atoms with Gasteiger partial charge in [-0.3, -0.25) is 14.4 Å². The molecule has 0 aromatic heterocycles. The van der Waals surface area contributed by atoms with Gasteiger partial charge >= 0.3 is 5.97 Å². The lowest BCUT2D eigenvalue weighted by atomic mass is 9.45. The first-order valence-corrected chi connectivity index (χ1v) is 12.0. The van der Waals surface area contributed by atoms with Crippen molar-refractivity contribution in [2.75, 3.05) is 6.61 Å². The number of rotatable bonds is 5. The summed E-state index contributed by atoms with van der Waals surface area (Å²) in [7, 11) is 0. The third-order valence-corrected chi connectivity index (χ3v) is 9.14. The average molecular weight is 465 g/mol. The van der Waals surface area contributed by atoms with E-state index in [0.29, 0.717) is 12.8 Å². The number of fused-ring (bicyclic) bond motifs is 5. The fourth-order valence-corrected chi connectivity index (χ4v) is 7.77. The summed E-state index contributed by atoms with van der Waals surface area (Å²) in [5, 5.41) is 11.3. The minimum absolute atomic E-state index is 0.0515. The molecule has 3 saturated carbocycles. The molecule has 0 aromatic rings. The van der Waals surface area contributed by atoms with Gasteiger partial charge in [-0.1, -0.05) is 26.8 Å². The molecule has 0 amide bonds. The van der Waals surface area contributed by atoms with Gasteiger partial charge in [-0.05, 0) is 67.6 Å². The molecule has 3 fully saturated rings. The minimum Gasteiger partial charge on any atom is -0.458 e. The lowest BCUT2D eigenvalue weighted by Gasteiger charge is -2.62. The molecule has 182 valence electrons. The van der Waals surface area contributed by atoms with Crippen LogP contribution in [0.5, 0.6) is 0 Å². The molecule has 0 unspecified atom stereocenters. The standard InChI is InChI=1S/C26H34F2O5/c1-5-6-22(32)33-13-20(30)23-14(2)9-16-17-11-19(27)18-10-15(29)7-8-25(18,4)26(17,28)21(31)12-24(16,23)3/h7-8,10,14,16-17,19,21,23,31H,5-6,9,11-13H2,1-4H3/t14-,16+,17+,19+,21+,23-,24+,25+,26+/m1/s1. The zero-order valence-electron chi connectivity index (χ0n) is 19.8. The molecule has 4 aliphatic rings. The van der Waals surface area contributed by atoms with E-state index in [2.05, 4.69) is 0 Å². The number of aliphatic hydroxyl groups is 1. The molecule has 0 aromatic carbocycles. The molecule has 0 radical (unpaired) electrons. The molecule has 0 saturated heterocycles.